The molecule has 3 fully saturated rings. The fourth-order valence-corrected chi connectivity index (χ4v) is 8.07. The maximum absolute atomic E-state index is 14.4. The van der Waals surface area contributed by atoms with Gasteiger partial charge in [-0.2, -0.15) is 0 Å². The second kappa shape index (κ2) is 20.6. The standard InChI is InChI=1S/C42H64N4O13/c1-12-33-42(8,52)34-18-31(43-27(6)47)23(2)19-41(7,55-22-30(21-54-34)45-56-20-28-13-15-29(16-14-28)44-40(51)53-11)37(25(4)35(48)26(5)38(50)58-33)59-39-36(49)32(46(9)10)17-24(3)57-39/h13-16,23-26,32-34,36-37,39,49,52H,12,17-22H2,1-11H3,(H,44,51)/b43-31?,45-30-/t23-,24-,25+,26-,32+,33+,34+,36-,37-,39+,41-,42-/m1/s1. The molecule has 4 rings (SSSR count). The largest absolute Gasteiger partial charge is 0.459 e. The minimum absolute atomic E-state index is 0.0258. The molecule has 0 radical (unpaired) electrons. The van der Waals surface area contributed by atoms with Crippen molar-refractivity contribution in [2.75, 3.05) is 39.7 Å². The number of esters is 1. The Kier molecular flexibility index (Phi) is 16.7. The molecule has 0 unspecified atom stereocenters. The van der Waals surface area contributed by atoms with Gasteiger partial charge in [0.2, 0.25) is 5.91 Å². The Morgan fingerprint density at radius 3 is 2.36 bits per heavy atom. The maximum Gasteiger partial charge on any atom is 0.411 e. The zero-order valence-electron chi connectivity index (χ0n) is 36.3. The van der Waals surface area contributed by atoms with Gasteiger partial charge in [-0.25, -0.2) is 9.79 Å². The summed E-state index contributed by atoms with van der Waals surface area (Å²) in [5, 5.41) is 30.8. The Hall–Kier alpha value is -3.84. The molecule has 1 aromatic rings. The molecule has 2 bridgehead atoms. The number of nitrogens with one attached hydrogen (secondary N) is 1. The first kappa shape index (κ1) is 47.8. The summed E-state index contributed by atoms with van der Waals surface area (Å²) in [7, 11) is 4.98. The highest BCUT2D eigenvalue weighted by Crippen LogP contribution is 2.39. The van der Waals surface area contributed by atoms with Gasteiger partial charge in [0.1, 0.15) is 36.0 Å². The summed E-state index contributed by atoms with van der Waals surface area (Å²) >= 11 is 0. The van der Waals surface area contributed by atoms with Crippen LogP contribution in [0.5, 0.6) is 0 Å². The van der Waals surface area contributed by atoms with E-state index in [4.69, 9.17) is 28.5 Å². The number of likely N-dealkylation sites (N-methyl/N-ethyl adjacent to an activating group) is 1. The van der Waals surface area contributed by atoms with Crippen LogP contribution >= 0.6 is 0 Å². The summed E-state index contributed by atoms with van der Waals surface area (Å²) in [6.07, 6.45) is -5.82. The quantitative estimate of drug-likeness (QED) is 0.192. The first-order valence-electron chi connectivity index (χ1n) is 20.3. The first-order valence-corrected chi connectivity index (χ1v) is 20.3. The highest BCUT2D eigenvalue weighted by atomic mass is 16.7. The van der Waals surface area contributed by atoms with Crippen molar-refractivity contribution in [3.8, 4) is 0 Å². The number of hydrogen-bond donors (Lipinski definition) is 3. The average molecular weight is 833 g/mol. The first-order chi connectivity index (χ1) is 27.7. The van der Waals surface area contributed by atoms with Crippen LogP contribution < -0.4 is 5.32 Å². The van der Waals surface area contributed by atoms with E-state index >= 15 is 0 Å². The van der Waals surface area contributed by atoms with Crippen LogP contribution in [0.25, 0.3) is 0 Å². The van der Waals surface area contributed by atoms with E-state index in [0.717, 1.165) is 5.56 Å². The molecule has 3 heterocycles. The van der Waals surface area contributed by atoms with Crippen molar-refractivity contribution < 1.29 is 62.6 Å². The van der Waals surface area contributed by atoms with Gasteiger partial charge in [-0.1, -0.05) is 38.1 Å². The van der Waals surface area contributed by atoms with Gasteiger partial charge < -0.3 is 48.4 Å². The van der Waals surface area contributed by atoms with Gasteiger partial charge in [-0.3, -0.25) is 19.7 Å². The Morgan fingerprint density at radius 2 is 1.75 bits per heavy atom. The Morgan fingerprint density at radius 1 is 1.07 bits per heavy atom. The second-order valence-electron chi connectivity index (χ2n) is 16.7. The average Bonchev–Trinajstić information content (AvgIpc) is 3.20. The number of aliphatic hydroxyl groups is 2. The second-order valence-corrected chi connectivity index (χ2v) is 16.7. The van der Waals surface area contributed by atoms with Gasteiger partial charge >= 0.3 is 12.1 Å². The monoisotopic (exact) mass is 832 g/mol. The van der Waals surface area contributed by atoms with Crippen molar-refractivity contribution in [2.24, 2.45) is 27.9 Å². The summed E-state index contributed by atoms with van der Waals surface area (Å²) in [5.41, 5.74) is -1.35. The molecule has 2 amide bonds. The fourth-order valence-electron chi connectivity index (χ4n) is 8.07. The molecule has 3 aliphatic heterocycles. The molecule has 17 nitrogen and oxygen atoms in total. The van der Waals surface area contributed by atoms with Gasteiger partial charge in [0.05, 0.1) is 44.2 Å². The van der Waals surface area contributed by atoms with Gasteiger partial charge in [0.15, 0.2) is 12.1 Å². The van der Waals surface area contributed by atoms with E-state index in [1.165, 1.54) is 27.9 Å². The van der Waals surface area contributed by atoms with E-state index in [9.17, 15) is 29.4 Å². The van der Waals surface area contributed by atoms with Gasteiger partial charge in [0, 0.05) is 36.7 Å². The molecule has 330 valence electrons. The van der Waals surface area contributed by atoms with Gasteiger partial charge in [0.25, 0.3) is 0 Å². The van der Waals surface area contributed by atoms with Crippen LogP contribution in [0, 0.1) is 17.8 Å². The van der Waals surface area contributed by atoms with Crippen LogP contribution in [-0.4, -0.2) is 139 Å². The molecule has 1 aromatic carbocycles. The minimum atomic E-state index is -1.84. The van der Waals surface area contributed by atoms with Crippen molar-refractivity contribution in [1.82, 2.24) is 4.90 Å². The molecule has 3 saturated heterocycles. The highest BCUT2D eigenvalue weighted by molar-refractivity contribution is 6.00. The van der Waals surface area contributed by atoms with Crippen LogP contribution in [0.2, 0.25) is 0 Å². The van der Waals surface area contributed by atoms with Crippen LogP contribution in [0.1, 0.15) is 86.6 Å². The van der Waals surface area contributed by atoms with E-state index in [-0.39, 0.29) is 56.9 Å². The third-order valence-electron chi connectivity index (χ3n) is 11.6. The number of ether oxygens (including phenoxy) is 6. The van der Waals surface area contributed by atoms with Crippen molar-refractivity contribution >= 4 is 40.9 Å². The number of fused-ring (bicyclic) bond motifs is 5. The van der Waals surface area contributed by atoms with E-state index in [1.807, 2.05) is 32.8 Å². The predicted molar refractivity (Wildman–Crippen MR) is 217 cm³/mol. The summed E-state index contributed by atoms with van der Waals surface area (Å²) < 4.78 is 36.8. The summed E-state index contributed by atoms with van der Waals surface area (Å²) in [4.78, 5) is 64.6. The lowest BCUT2D eigenvalue weighted by Gasteiger charge is -2.47. The Bertz CT molecular complexity index is 1680. The molecule has 17 heteroatoms. The number of Topliss-reactive ketones (excluding diaryl/α,β-unsaturated/α-hetero) is 1. The summed E-state index contributed by atoms with van der Waals surface area (Å²) in [6, 6.07) is 6.53. The third kappa shape index (κ3) is 12.1. The summed E-state index contributed by atoms with van der Waals surface area (Å²) in [5.74, 6) is -4.65. The topological polar surface area (TPSA) is 213 Å². The number of cyclic esters (lactones) is 1. The number of rotatable bonds is 8. The van der Waals surface area contributed by atoms with Crippen molar-refractivity contribution in [3.63, 3.8) is 0 Å². The number of methoxy groups -OCH3 is 1. The smallest absolute Gasteiger partial charge is 0.411 e. The van der Waals surface area contributed by atoms with E-state index < -0.39 is 83.4 Å². The van der Waals surface area contributed by atoms with Crippen molar-refractivity contribution in [3.05, 3.63) is 29.8 Å². The number of anilines is 1. The number of aliphatic imine (C=N–C) groups is 1. The van der Waals surface area contributed by atoms with E-state index in [1.54, 1.807) is 45.0 Å². The number of aliphatic hydroxyl groups excluding tert-OH is 1. The molecule has 3 N–H and O–H groups in total. The van der Waals surface area contributed by atoms with Gasteiger partial charge in [-0.15, -0.1) is 0 Å². The van der Waals surface area contributed by atoms with Crippen LogP contribution in [0.3, 0.4) is 0 Å². The highest BCUT2D eigenvalue weighted by Gasteiger charge is 2.51. The molecule has 0 saturated carbocycles. The maximum atomic E-state index is 14.4. The minimum Gasteiger partial charge on any atom is -0.459 e. The normalized spacial score (nSPS) is 36.6. The lowest BCUT2D eigenvalue weighted by Crippen LogP contribution is -2.59. The van der Waals surface area contributed by atoms with E-state index in [2.05, 4.69) is 20.2 Å². The number of amides is 2. The lowest BCUT2D eigenvalue weighted by molar-refractivity contribution is -0.296. The van der Waals surface area contributed by atoms with Crippen LogP contribution in [0.4, 0.5) is 10.5 Å². The third-order valence-corrected chi connectivity index (χ3v) is 11.6. The van der Waals surface area contributed by atoms with Crippen molar-refractivity contribution in [1.29, 1.82) is 0 Å². The molecular formula is C42H64N4O13. The zero-order valence-corrected chi connectivity index (χ0v) is 36.3. The number of nitrogens with zero attached hydrogens (tertiary/aromatic N) is 3. The van der Waals surface area contributed by atoms with Crippen LogP contribution in [0.15, 0.2) is 34.4 Å². The Balaban J connectivity index is 1.85. The SMILES string of the molecule is CC[C@@H]1OC(=O)[C@H](C)C(=O)[C@H](C)[C@@H](O[C@@H]2O[C@H](C)C[C@H](N(C)C)[C@H]2O)[C@@]2(C)C[C@@H](C)C(=NC(C)=O)C[C@H](OC/C(=N/OCc3ccc(NC(=O)OC)cc3)CO2)[C@]1(C)O. The zero-order chi connectivity index (χ0) is 43.8. The predicted octanol–water partition coefficient (Wildman–Crippen LogP) is 4.05. The van der Waals surface area contributed by atoms with Gasteiger partial charge in [-0.05, 0) is 84.7 Å². The van der Waals surface area contributed by atoms with E-state index in [0.29, 0.717) is 17.8 Å². The molecule has 0 aliphatic carbocycles. The number of ketones is 1. The number of hydrogen-bond acceptors (Lipinski definition) is 15. The fraction of sp³-hybridized carbons (Fsp3) is 0.714. The number of carbonyl (C=O) groups excluding carboxylic acids is 4. The number of oxime groups is 1. The molecule has 0 spiro atoms. The molecule has 59 heavy (non-hydrogen) atoms. The number of carbonyl (C=O) groups is 4. The lowest BCUT2D eigenvalue weighted by atomic mass is 9.76. The van der Waals surface area contributed by atoms with Crippen molar-refractivity contribution in [2.45, 2.75) is 142 Å². The summed E-state index contributed by atoms with van der Waals surface area (Å²) in [6.45, 7) is 12.7. The van der Waals surface area contributed by atoms with Crippen LogP contribution in [-0.2, 0) is 54.2 Å². The molecule has 12 atom stereocenters. The number of benzene rings is 1. The molecular weight excluding hydrogens is 768 g/mol. The molecule has 3 aliphatic rings. The Labute approximate surface area is 347 Å². The molecule has 0 aromatic heterocycles.